The van der Waals surface area contributed by atoms with Gasteiger partial charge in [-0.2, -0.15) is 0 Å². The minimum Gasteiger partial charge on any atom is -0.474 e. The van der Waals surface area contributed by atoms with Crippen molar-refractivity contribution in [3.05, 3.63) is 66.0 Å². The largest absolute Gasteiger partial charge is 0.474 e. The van der Waals surface area contributed by atoms with Crippen molar-refractivity contribution < 1.29 is 18.7 Å². The highest BCUT2D eigenvalue weighted by molar-refractivity contribution is 5.77. The van der Waals surface area contributed by atoms with E-state index in [0.29, 0.717) is 11.3 Å². The molecule has 3 nitrogen and oxygen atoms in total. The van der Waals surface area contributed by atoms with Gasteiger partial charge in [-0.15, -0.1) is 0 Å². The van der Waals surface area contributed by atoms with Gasteiger partial charge in [0, 0.05) is 5.56 Å². The molecule has 0 saturated carbocycles. The van der Waals surface area contributed by atoms with Gasteiger partial charge in [-0.3, -0.25) is 0 Å². The summed E-state index contributed by atoms with van der Waals surface area (Å²) in [5, 5.41) is 0. The number of rotatable bonds is 5. The van der Waals surface area contributed by atoms with E-state index in [0.717, 1.165) is 0 Å². The molecule has 104 valence electrons. The summed E-state index contributed by atoms with van der Waals surface area (Å²) in [5.74, 6) is -0.416. The van der Waals surface area contributed by atoms with E-state index in [9.17, 15) is 9.18 Å². The summed E-state index contributed by atoms with van der Waals surface area (Å²) in [4.78, 5) is 12.0. The van der Waals surface area contributed by atoms with Crippen molar-refractivity contribution in [1.82, 2.24) is 0 Å². The van der Waals surface area contributed by atoms with Crippen LogP contribution in [-0.4, -0.2) is 12.6 Å². The fraction of sp³-hybridized carbons (Fsp3) is 0.188. The van der Waals surface area contributed by atoms with Crippen LogP contribution in [0.5, 0.6) is 5.75 Å². The summed E-state index contributed by atoms with van der Waals surface area (Å²) in [5.41, 5.74) is 0.690. The Morgan fingerprint density at radius 1 is 1.10 bits per heavy atom. The topological polar surface area (TPSA) is 35.5 Å². The van der Waals surface area contributed by atoms with Gasteiger partial charge in [0.05, 0.1) is 6.61 Å². The van der Waals surface area contributed by atoms with E-state index in [4.69, 9.17) is 9.47 Å². The lowest BCUT2D eigenvalue weighted by atomic mass is 10.1. The third-order valence-electron chi connectivity index (χ3n) is 2.67. The van der Waals surface area contributed by atoms with Crippen LogP contribution in [-0.2, 0) is 9.53 Å². The first-order valence-corrected chi connectivity index (χ1v) is 6.34. The Morgan fingerprint density at radius 2 is 1.75 bits per heavy atom. The molecule has 0 spiro atoms. The number of carbonyl (C=O) groups is 1. The summed E-state index contributed by atoms with van der Waals surface area (Å²) in [6, 6.07) is 14.6. The van der Waals surface area contributed by atoms with Crippen molar-refractivity contribution in [1.29, 1.82) is 0 Å². The first-order chi connectivity index (χ1) is 9.70. The van der Waals surface area contributed by atoms with Crippen molar-refractivity contribution in [3.63, 3.8) is 0 Å². The first-order valence-electron chi connectivity index (χ1n) is 6.34. The van der Waals surface area contributed by atoms with E-state index in [1.165, 1.54) is 24.3 Å². The molecule has 2 aromatic carbocycles. The molecule has 0 saturated heterocycles. The molecule has 0 aliphatic carbocycles. The van der Waals surface area contributed by atoms with Gasteiger partial charge < -0.3 is 9.47 Å². The highest BCUT2D eigenvalue weighted by Crippen LogP contribution is 2.23. The fourth-order valence-corrected chi connectivity index (χ4v) is 1.75. The summed E-state index contributed by atoms with van der Waals surface area (Å²) >= 11 is 0. The van der Waals surface area contributed by atoms with Gasteiger partial charge in [-0.05, 0) is 31.2 Å². The molecule has 2 rings (SSSR count). The van der Waals surface area contributed by atoms with Gasteiger partial charge >= 0.3 is 5.97 Å². The smallest absolute Gasteiger partial charge is 0.352 e. The maximum Gasteiger partial charge on any atom is 0.352 e. The Hall–Kier alpha value is -2.36. The van der Waals surface area contributed by atoms with Gasteiger partial charge in [0.1, 0.15) is 11.6 Å². The molecule has 0 amide bonds. The van der Waals surface area contributed by atoms with Crippen LogP contribution in [0.2, 0.25) is 0 Å². The summed E-state index contributed by atoms with van der Waals surface area (Å²) in [6.07, 6.45) is -0.860. The molecular formula is C16H15FO3. The molecule has 1 atom stereocenters. The number of halogens is 1. The maximum atomic E-state index is 12.9. The summed E-state index contributed by atoms with van der Waals surface area (Å²) in [7, 11) is 0. The first kappa shape index (κ1) is 14.1. The lowest BCUT2D eigenvalue weighted by Gasteiger charge is -2.18. The Kier molecular flexibility index (Phi) is 4.71. The van der Waals surface area contributed by atoms with Gasteiger partial charge in [-0.1, -0.05) is 30.3 Å². The van der Waals surface area contributed by atoms with E-state index < -0.39 is 12.1 Å². The lowest BCUT2D eigenvalue weighted by Crippen LogP contribution is -2.21. The predicted octanol–water partition coefficient (Wildman–Crippen LogP) is 3.51. The van der Waals surface area contributed by atoms with Crippen LogP contribution in [0.3, 0.4) is 0 Å². The minimum atomic E-state index is -0.860. The van der Waals surface area contributed by atoms with Crippen LogP contribution < -0.4 is 4.74 Å². The third-order valence-corrected chi connectivity index (χ3v) is 2.67. The normalized spacial score (nSPS) is 11.7. The molecular weight excluding hydrogens is 259 g/mol. The fourth-order valence-electron chi connectivity index (χ4n) is 1.75. The molecule has 0 aromatic heterocycles. The molecule has 0 aliphatic heterocycles. The highest BCUT2D eigenvalue weighted by Gasteiger charge is 2.23. The zero-order valence-corrected chi connectivity index (χ0v) is 11.1. The van der Waals surface area contributed by atoms with Gasteiger partial charge in [0.2, 0.25) is 6.10 Å². The second-order valence-electron chi connectivity index (χ2n) is 4.11. The molecule has 0 aliphatic rings. The average Bonchev–Trinajstić information content (AvgIpc) is 2.48. The van der Waals surface area contributed by atoms with E-state index in [2.05, 4.69) is 0 Å². The van der Waals surface area contributed by atoms with Gasteiger partial charge in [-0.25, -0.2) is 9.18 Å². The number of hydrogen-bond donors (Lipinski definition) is 0. The monoisotopic (exact) mass is 274 g/mol. The molecule has 0 radical (unpaired) electrons. The van der Waals surface area contributed by atoms with Crippen LogP contribution in [0.25, 0.3) is 0 Å². The molecule has 0 fully saturated rings. The summed E-state index contributed by atoms with van der Waals surface area (Å²) in [6.45, 7) is 2.01. The Morgan fingerprint density at radius 3 is 2.35 bits per heavy atom. The van der Waals surface area contributed by atoms with Crippen molar-refractivity contribution >= 4 is 5.97 Å². The zero-order chi connectivity index (χ0) is 14.4. The third kappa shape index (κ3) is 3.57. The van der Waals surface area contributed by atoms with Crippen LogP contribution in [0.4, 0.5) is 4.39 Å². The molecule has 0 bridgehead atoms. The van der Waals surface area contributed by atoms with Crippen LogP contribution in [0, 0.1) is 5.82 Å². The molecule has 0 N–H and O–H groups in total. The molecule has 4 heteroatoms. The lowest BCUT2D eigenvalue weighted by molar-refractivity contribution is -0.151. The van der Waals surface area contributed by atoms with E-state index in [1.54, 1.807) is 19.1 Å². The second kappa shape index (κ2) is 6.70. The number of ether oxygens (including phenoxy) is 2. The Labute approximate surface area is 117 Å². The standard InChI is InChI=1S/C16H15FO3/c1-2-19-16(18)15(12-6-4-3-5-7-12)20-14-10-8-13(17)9-11-14/h3-11,15H,2H2,1H3. The average molecular weight is 274 g/mol. The maximum absolute atomic E-state index is 12.9. The summed E-state index contributed by atoms with van der Waals surface area (Å²) < 4.78 is 23.5. The second-order valence-corrected chi connectivity index (χ2v) is 4.11. The van der Waals surface area contributed by atoms with Crippen molar-refractivity contribution in [2.24, 2.45) is 0 Å². The predicted molar refractivity (Wildman–Crippen MR) is 72.8 cm³/mol. The minimum absolute atomic E-state index is 0.273. The van der Waals surface area contributed by atoms with E-state index in [1.807, 2.05) is 18.2 Å². The van der Waals surface area contributed by atoms with Crippen molar-refractivity contribution in [2.75, 3.05) is 6.61 Å². The number of esters is 1. The van der Waals surface area contributed by atoms with Gasteiger partial charge in [0.25, 0.3) is 0 Å². The van der Waals surface area contributed by atoms with Crippen LogP contribution in [0.15, 0.2) is 54.6 Å². The molecule has 20 heavy (non-hydrogen) atoms. The van der Waals surface area contributed by atoms with Crippen molar-refractivity contribution in [2.45, 2.75) is 13.0 Å². The van der Waals surface area contributed by atoms with Crippen molar-refractivity contribution in [3.8, 4) is 5.75 Å². The number of hydrogen-bond acceptors (Lipinski definition) is 3. The Balaban J connectivity index is 2.23. The zero-order valence-electron chi connectivity index (χ0n) is 11.1. The van der Waals surface area contributed by atoms with E-state index >= 15 is 0 Å². The molecule has 0 heterocycles. The van der Waals surface area contributed by atoms with Gasteiger partial charge in [0.15, 0.2) is 0 Å². The highest BCUT2D eigenvalue weighted by atomic mass is 19.1. The number of benzene rings is 2. The molecule has 2 aromatic rings. The molecule has 1 unspecified atom stereocenters. The SMILES string of the molecule is CCOC(=O)C(Oc1ccc(F)cc1)c1ccccc1. The van der Waals surface area contributed by atoms with E-state index in [-0.39, 0.29) is 12.4 Å². The van der Waals surface area contributed by atoms with Crippen LogP contribution >= 0.6 is 0 Å². The quantitative estimate of drug-likeness (QED) is 0.783. The number of carbonyl (C=O) groups excluding carboxylic acids is 1. The van der Waals surface area contributed by atoms with Crippen LogP contribution in [0.1, 0.15) is 18.6 Å². The Bertz CT molecular complexity index is 552.